The number of aromatic nitrogens is 2. The van der Waals surface area contributed by atoms with Crippen LogP contribution in [-0.2, 0) is 12.1 Å². The Balaban J connectivity index is 1.70. The second kappa shape index (κ2) is 5.24. The maximum atomic E-state index is 6.12. The summed E-state index contributed by atoms with van der Waals surface area (Å²) < 4.78 is 10.7. The molecule has 1 saturated carbocycles. The van der Waals surface area contributed by atoms with E-state index in [4.69, 9.17) is 38.2 Å². The van der Waals surface area contributed by atoms with Crippen molar-refractivity contribution in [2.24, 2.45) is 5.73 Å². The van der Waals surface area contributed by atoms with Crippen LogP contribution in [0.5, 0.6) is 5.75 Å². The summed E-state index contributed by atoms with van der Waals surface area (Å²) in [6, 6.07) is 5.15. The number of ether oxygens (including phenoxy) is 1. The number of hydrogen-bond donors (Lipinski definition) is 1. The average Bonchev–Trinajstić information content (AvgIpc) is 2.84. The molecule has 106 valence electrons. The summed E-state index contributed by atoms with van der Waals surface area (Å²) in [5, 5.41) is 4.78. The molecule has 0 amide bonds. The molecule has 0 unspecified atom stereocenters. The van der Waals surface area contributed by atoms with Gasteiger partial charge in [-0.2, -0.15) is 4.98 Å². The number of nitrogens with two attached hydrogens (primary N) is 1. The van der Waals surface area contributed by atoms with Crippen LogP contribution in [0.25, 0.3) is 0 Å². The molecule has 5 nitrogen and oxygen atoms in total. The maximum absolute atomic E-state index is 6.12. The summed E-state index contributed by atoms with van der Waals surface area (Å²) in [5.74, 6) is 1.29. The second-order valence-electron chi connectivity index (χ2n) is 4.86. The Kier molecular flexibility index (Phi) is 3.58. The van der Waals surface area contributed by atoms with E-state index in [-0.39, 0.29) is 6.61 Å². The second-order valence-corrected chi connectivity index (χ2v) is 5.68. The molecule has 2 aromatic rings. The molecule has 3 rings (SSSR count). The number of halogens is 2. The van der Waals surface area contributed by atoms with E-state index < -0.39 is 5.54 Å². The van der Waals surface area contributed by atoms with Crippen LogP contribution in [0.2, 0.25) is 10.0 Å². The Morgan fingerprint density at radius 3 is 2.60 bits per heavy atom. The van der Waals surface area contributed by atoms with Gasteiger partial charge in [0.15, 0.2) is 18.2 Å². The first-order valence-electron chi connectivity index (χ1n) is 6.27. The summed E-state index contributed by atoms with van der Waals surface area (Å²) in [5.41, 5.74) is 5.68. The third-order valence-corrected chi connectivity index (χ3v) is 4.01. The molecule has 1 aliphatic carbocycles. The summed E-state index contributed by atoms with van der Waals surface area (Å²) in [4.78, 5) is 4.26. The van der Waals surface area contributed by atoms with Gasteiger partial charge in [-0.1, -0.05) is 34.4 Å². The standard InChI is InChI=1S/C13H13Cl2N3O2/c14-8-3-1-4-9(15)11(8)19-7-10-17-12(18-20-10)13(16)5-2-6-13/h1,3-4H,2,5-7,16H2. The fraction of sp³-hybridized carbons (Fsp3) is 0.385. The number of nitrogens with zero attached hydrogens (tertiary/aromatic N) is 2. The third kappa shape index (κ3) is 2.49. The van der Waals surface area contributed by atoms with Gasteiger partial charge in [-0.15, -0.1) is 0 Å². The minimum absolute atomic E-state index is 0.104. The number of hydrogen-bond acceptors (Lipinski definition) is 5. The summed E-state index contributed by atoms with van der Waals surface area (Å²) >= 11 is 12.0. The molecular weight excluding hydrogens is 301 g/mol. The largest absolute Gasteiger partial charge is 0.481 e. The van der Waals surface area contributed by atoms with Crippen LogP contribution in [0, 0.1) is 0 Å². The highest BCUT2D eigenvalue weighted by Gasteiger charge is 2.39. The first kappa shape index (κ1) is 13.7. The first-order valence-corrected chi connectivity index (χ1v) is 7.03. The van der Waals surface area contributed by atoms with Crippen molar-refractivity contribution in [1.82, 2.24) is 10.1 Å². The van der Waals surface area contributed by atoms with Crippen molar-refractivity contribution >= 4 is 23.2 Å². The summed E-state index contributed by atoms with van der Waals surface area (Å²) in [6.45, 7) is 0.104. The highest BCUT2D eigenvalue weighted by atomic mass is 35.5. The predicted octanol–water partition coefficient (Wildman–Crippen LogP) is 3.29. The van der Waals surface area contributed by atoms with Crippen molar-refractivity contribution in [3.63, 3.8) is 0 Å². The van der Waals surface area contributed by atoms with Crippen LogP contribution in [-0.4, -0.2) is 10.1 Å². The van der Waals surface area contributed by atoms with Gasteiger partial charge in [0.1, 0.15) is 0 Å². The van der Waals surface area contributed by atoms with Gasteiger partial charge in [0.2, 0.25) is 0 Å². The van der Waals surface area contributed by atoms with E-state index in [0.717, 1.165) is 19.3 Å². The van der Waals surface area contributed by atoms with Crippen molar-refractivity contribution < 1.29 is 9.26 Å². The molecule has 1 aliphatic rings. The van der Waals surface area contributed by atoms with E-state index in [1.807, 2.05) is 0 Å². The molecule has 1 fully saturated rings. The highest BCUT2D eigenvalue weighted by Crippen LogP contribution is 2.37. The number of para-hydroxylation sites is 1. The fourth-order valence-electron chi connectivity index (χ4n) is 2.05. The Morgan fingerprint density at radius 1 is 1.30 bits per heavy atom. The Labute approximate surface area is 126 Å². The Hall–Kier alpha value is -1.30. The molecule has 0 atom stereocenters. The zero-order valence-electron chi connectivity index (χ0n) is 10.6. The van der Waals surface area contributed by atoms with E-state index in [1.54, 1.807) is 18.2 Å². The maximum Gasteiger partial charge on any atom is 0.264 e. The molecule has 1 aromatic carbocycles. The lowest BCUT2D eigenvalue weighted by Gasteiger charge is -2.34. The van der Waals surface area contributed by atoms with Crippen molar-refractivity contribution in [2.45, 2.75) is 31.4 Å². The highest BCUT2D eigenvalue weighted by molar-refractivity contribution is 6.37. The van der Waals surface area contributed by atoms with Crippen LogP contribution in [0.15, 0.2) is 22.7 Å². The van der Waals surface area contributed by atoms with Gasteiger partial charge in [-0.25, -0.2) is 0 Å². The van der Waals surface area contributed by atoms with Crippen molar-refractivity contribution in [2.75, 3.05) is 0 Å². The van der Waals surface area contributed by atoms with Crippen LogP contribution in [0.1, 0.15) is 31.0 Å². The van der Waals surface area contributed by atoms with E-state index in [0.29, 0.717) is 27.5 Å². The minimum Gasteiger partial charge on any atom is -0.481 e. The zero-order valence-corrected chi connectivity index (χ0v) is 12.1. The third-order valence-electron chi connectivity index (χ3n) is 3.42. The molecule has 1 aromatic heterocycles. The normalized spacial score (nSPS) is 16.8. The monoisotopic (exact) mass is 313 g/mol. The summed E-state index contributed by atoms with van der Waals surface area (Å²) in [7, 11) is 0. The molecule has 0 radical (unpaired) electrons. The average molecular weight is 314 g/mol. The summed E-state index contributed by atoms with van der Waals surface area (Å²) in [6.07, 6.45) is 2.85. The van der Waals surface area contributed by atoms with Crippen LogP contribution in [0.3, 0.4) is 0 Å². The molecule has 0 bridgehead atoms. The Bertz CT molecular complexity index is 606. The zero-order chi connectivity index (χ0) is 14.2. The molecule has 20 heavy (non-hydrogen) atoms. The van der Waals surface area contributed by atoms with Gasteiger partial charge in [0, 0.05) is 0 Å². The van der Waals surface area contributed by atoms with E-state index in [1.165, 1.54) is 0 Å². The van der Waals surface area contributed by atoms with Gasteiger partial charge in [-0.05, 0) is 31.4 Å². The Morgan fingerprint density at radius 2 is 2.00 bits per heavy atom. The molecule has 1 heterocycles. The van der Waals surface area contributed by atoms with Crippen molar-refractivity contribution in [3.05, 3.63) is 40.0 Å². The quantitative estimate of drug-likeness (QED) is 0.937. The molecular formula is C13H13Cl2N3O2. The smallest absolute Gasteiger partial charge is 0.264 e. The van der Waals surface area contributed by atoms with Crippen molar-refractivity contribution in [1.29, 1.82) is 0 Å². The number of rotatable bonds is 4. The minimum atomic E-state index is -0.441. The van der Waals surface area contributed by atoms with E-state index >= 15 is 0 Å². The van der Waals surface area contributed by atoms with Gasteiger partial charge in [0.25, 0.3) is 5.89 Å². The SMILES string of the molecule is NC1(c2noc(COc3c(Cl)cccc3Cl)n2)CCC1. The molecule has 2 N–H and O–H groups in total. The lowest BCUT2D eigenvalue weighted by Crippen LogP contribution is -2.44. The van der Waals surface area contributed by atoms with Gasteiger partial charge in [0.05, 0.1) is 15.6 Å². The molecule has 0 saturated heterocycles. The molecule has 0 aliphatic heterocycles. The van der Waals surface area contributed by atoms with Crippen LogP contribution in [0.4, 0.5) is 0 Å². The van der Waals surface area contributed by atoms with Crippen LogP contribution >= 0.6 is 23.2 Å². The van der Waals surface area contributed by atoms with E-state index in [9.17, 15) is 0 Å². The topological polar surface area (TPSA) is 74.2 Å². The van der Waals surface area contributed by atoms with Gasteiger partial charge in [-0.3, -0.25) is 0 Å². The lowest BCUT2D eigenvalue weighted by atomic mass is 9.77. The van der Waals surface area contributed by atoms with Gasteiger partial charge >= 0.3 is 0 Å². The fourth-order valence-corrected chi connectivity index (χ4v) is 2.56. The number of benzene rings is 1. The van der Waals surface area contributed by atoms with Crippen molar-refractivity contribution in [3.8, 4) is 5.75 Å². The lowest BCUT2D eigenvalue weighted by molar-refractivity contribution is 0.223. The predicted molar refractivity (Wildman–Crippen MR) is 74.8 cm³/mol. The first-order chi connectivity index (χ1) is 9.58. The van der Waals surface area contributed by atoms with Gasteiger partial charge < -0.3 is 15.0 Å². The van der Waals surface area contributed by atoms with Crippen LogP contribution < -0.4 is 10.5 Å². The van der Waals surface area contributed by atoms with E-state index in [2.05, 4.69) is 10.1 Å². The molecule has 7 heteroatoms. The molecule has 0 spiro atoms.